The molecule has 40 heavy (non-hydrogen) atoms. The molecular formula is C38H23ClO. The molecule has 188 valence electrons. The van der Waals surface area contributed by atoms with Gasteiger partial charge in [-0.05, 0) is 79.9 Å². The number of para-hydroxylation sites is 1. The third kappa shape index (κ3) is 3.56. The van der Waals surface area contributed by atoms with Gasteiger partial charge in [0.05, 0.1) is 0 Å². The first-order chi connectivity index (χ1) is 19.8. The Morgan fingerprint density at radius 1 is 0.375 bits per heavy atom. The summed E-state index contributed by atoms with van der Waals surface area (Å²) in [7, 11) is 0. The highest BCUT2D eigenvalue weighted by molar-refractivity contribution is 6.37. The minimum Gasteiger partial charge on any atom is -0.456 e. The van der Waals surface area contributed by atoms with Crippen LogP contribution in [-0.4, -0.2) is 0 Å². The van der Waals surface area contributed by atoms with Crippen LogP contribution in [0.4, 0.5) is 0 Å². The molecule has 0 N–H and O–H groups in total. The zero-order valence-corrected chi connectivity index (χ0v) is 22.3. The fourth-order valence-corrected chi connectivity index (χ4v) is 6.37. The number of hydrogen-bond acceptors (Lipinski definition) is 1. The highest BCUT2D eigenvalue weighted by Gasteiger charge is 2.17. The molecule has 1 aromatic heterocycles. The van der Waals surface area contributed by atoms with Gasteiger partial charge in [0, 0.05) is 21.2 Å². The minimum absolute atomic E-state index is 0.752. The van der Waals surface area contributed by atoms with Crippen molar-refractivity contribution in [3.8, 4) is 33.4 Å². The van der Waals surface area contributed by atoms with Gasteiger partial charge in [-0.2, -0.15) is 0 Å². The molecular weight excluding hydrogens is 508 g/mol. The summed E-state index contributed by atoms with van der Waals surface area (Å²) in [6, 6.07) is 49.1. The van der Waals surface area contributed by atoms with Crippen LogP contribution in [0.2, 0.25) is 5.02 Å². The molecule has 0 saturated heterocycles. The summed E-state index contributed by atoms with van der Waals surface area (Å²) in [5.74, 6) is 0. The van der Waals surface area contributed by atoms with Crippen LogP contribution < -0.4 is 0 Å². The Hall–Kier alpha value is -4.85. The lowest BCUT2D eigenvalue weighted by Gasteiger charge is -2.17. The van der Waals surface area contributed by atoms with Gasteiger partial charge in [0.2, 0.25) is 0 Å². The summed E-state index contributed by atoms with van der Waals surface area (Å²) in [6.45, 7) is 0. The average Bonchev–Trinajstić information content (AvgIpc) is 3.38. The number of rotatable bonds is 3. The van der Waals surface area contributed by atoms with E-state index in [1.165, 1.54) is 38.6 Å². The fraction of sp³-hybridized carbons (Fsp3) is 0. The van der Waals surface area contributed by atoms with Gasteiger partial charge in [-0.15, -0.1) is 0 Å². The molecule has 1 nitrogen and oxygen atoms in total. The Kier molecular flexibility index (Phi) is 5.26. The van der Waals surface area contributed by atoms with Crippen LogP contribution in [0.3, 0.4) is 0 Å². The smallest absolute Gasteiger partial charge is 0.135 e. The molecule has 0 unspecified atom stereocenters. The summed E-state index contributed by atoms with van der Waals surface area (Å²) in [5, 5.41) is 7.56. The minimum atomic E-state index is 0.752. The lowest BCUT2D eigenvalue weighted by Crippen LogP contribution is -1.90. The first-order valence-electron chi connectivity index (χ1n) is 13.5. The average molecular weight is 531 g/mol. The van der Waals surface area contributed by atoms with Crippen molar-refractivity contribution >= 4 is 55.1 Å². The van der Waals surface area contributed by atoms with Crippen molar-refractivity contribution in [2.75, 3.05) is 0 Å². The van der Waals surface area contributed by atoms with Gasteiger partial charge < -0.3 is 4.42 Å². The Morgan fingerprint density at radius 2 is 1.02 bits per heavy atom. The van der Waals surface area contributed by atoms with Gasteiger partial charge in [0.1, 0.15) is 11.2 Å². The van der Waals surface area contributed by atoms with Gasteiger partial charge in [0.15, 0.2) is 0 Å². The maximum Gasteiger partial charge on any atom is 0.135 e. The number of hydrogen-bond donors (Lipinski definition) is 0. The highest BCUT2D eigenvalue weighted by atomic mass is 35.5. The first-order valence-corrected chi connectivity index (χ1v) is 13.8. The molecule has 0 fully saturated rings. The van der Waals surface area contributed by atoms with Crippen LogP contribution >= 0.6 is 11.6 Å². The van der Waals surface area contributed by atoms with Crippen molar-refractivity contribution in [2.45, 2.75) is 0 Å². The normalized spacial score (nSPS) is 11.6. The predicted molar refractivity (Wildman–Crippen MR) is 170 cm³/mol. The Morgan fingerprint density at radius 3 is 1.90 bits per heavy atom. The Bertz CT molecular complexity index is 2220. The van der Waals surface area contributed by atoms with Crippen LogP contribution in [0.25, 0.3) is 76.9 Å². The van der Waals surface area contributed by atoms with E-state index in [0.29, 0.717) is 0 Å². The highest BCUT2D eigenvalue weighted by Crippen LogP contribution is 2.44. The first kappa shape index (κ1) is 23.1. The maximum absolute atomic E-state index is 6.88. The molecule has 8 rings (SSSR count). The molecule has 0 bridgehead atoms. The van der Waals surface area contributed by atoms with Crippen LogP contribution in [0, 0.1) is 0 Å². The van der Waals surface area contributed by atoms with E-state index in [0.717, 1.165) is 43.3 Å². The van der Waals surface area contributed by atoms with Crippen molar-refractivity contribution in [3.05, 3.63) is 145 Å². The van der Waals surface area contributed by atoms with Gasteiger partial charge in [-0.3, -0.25) is 0 Å². The van der Waals surface area contributed by atoms with Crippen molar-refractivity contribution in [1.82, 2.24) is 0 Å². The van der Waals surface area contributed by atoms with Gasteiger partial charge in [-0.1, -0.05) is 121 Å². The zero-order valence-electron chi connectivity index (χ0n) is 21.6. The second kappa shape index (κ2) is 9.12. The summed E-state index contributed by atoms with van der Waals surface area (Å²) in [4.78, 5) is 0. The monoisotopic (exact) mass is 530 g/mol. The molecule has 8 aromatic rings. The number of fused-ring (bicyclic) bond motifs is 5. The van der Waals surface area contributed by atoms with E-state index in [1.807, 2.05) is 24.3 Å². The van der Waals surface area contributed by atoms with Gasteiger partial charge in [-0.25, -0.2) is 0 Å². The maximum atomic E-state index is 6.88. The van der Waals surface area contributed by atoms with Crippen LogP contribution in [-0.2, 0) is 0 Å². The molecule has 0 atom stereocenters. The van der Waals surface area contributed by atoms with Gasteiger partial charge >= 0.3 is 0 Å². The third-order valence-electron chi connectivity index (χ3n) is 7.95. The van der Waals surface area contributed by atoms with E-state index >= 15 is 0 Å². The van der Waals surface area contributed by atoms with Crippen molar-refractivity contribution < 1.29 is 4.42 Å². The van der Waals surface area contributed by atoms with E-state index in [9.17, 15) is 0 Å². The molecule has 0 spiro atoms. The standard InChI is InChI=1S/C38H23ClO/c39-35-18-9-17-31-33(35)23-32-28(27-13-5-4-12-26(27)24-10-2-1-3-11-24)15-8-16-30(32)38(31)25-20-21-37-34(22-25)29-14-6-7-19-36(29)40-37/h1-23H. The van der Waals surface area contributed by atoms with E-state index in [1.54, 1.807) is 0 Å². The topological polar surface area (TPSA) is 13.1 Å². The quantitative estimate of drug-likeness (QED) is 0.207. The lowest BCUT2D eigenvalue weighted by molar-refractivity contribution is 0.669. The molecule has 7 aromatic carbocycles. The van der Waals surface area contributed by atoms with Crippen LogP contribution in [0.5, 0.6) is 0 Å². The predicted octanol–water partition coefficient (Wildman–Crippen LogP) is 11.5. The molecule has 0 aliphatic carbocycles. The van der Waals surface area contributed by atoms with E-state index in [2.05, 4.69) is 115 Å². The van der Waals surface area contributed by atoms with E-state index < -0.39 is 0 Å². The molecule has 0 radical (unpaired) electrons. The second-order valence-corrected chi connectivity index (χ2v) is 10.6. The van der Waals surface area contributed by atoms with Gasteiger partial charge in [0.25, 0.3) is 0 Å². The Balaban J connectivity index is 1.47. The van der Waals surface area contributed by atoms with E-state index in [4.69, 9.17) is 16.0 Å². The molecule has 0 amide bonds. The SMILES string of the molecule is Clc1cccc2c(-c3ccc4oc5ccccc5c4c3)c3cccc(-c4ccccc4-c4ccccc4)c3cc12. The summed E-state index contributed by atoms with van der Waals surface area (Å²) < 4.78 is 6.15. The van der Waals surface area contributed by atoms with E-state index in [-0.39, 0.29) is 0 Å². The summed E-state index contributed by atoms with van der Waals surface area (Å²) in [5.41, 5.74) is 8.92. The molecule has 1 heterocycles. The molecule has 0 saturated carbocycles. The van der Waals surface area contributed by atoms with Crippen molar-refractivity contribution in [1.29, 1.82) is 0 Å². The number of halogens is 1. The molecule has 0 aliphatic heterocycles. The van der Waals surface area contributed by atoms with Crippen LogP contribution in [0.15, 0.2) is 144 Å². The van der Waals surface area contributed by atoms with Crippen molar-refractivity contribution in [2.24, 2.45) is 0 Å². The largest absolute Gasteiger partial charge is 0.456 e. The van der Waals surface area contributed by atoms with Crippen LogP contribution in [0.1, 0.15) is 0 Å². The fourth-order valence-electron chi connectivity index (χ4n) is 6.14. The third-order valence-corrected chi connectivity index (χ3v) is 8.28. The number of benzene rings is 7. The summed E-state index contributed by atoms with van der Waals surface area (Å²) >= 11 is 6.88. The zero-order chi connectivity index (χ0) is 26.6. The molecule has 2 heteroatoms. The molecule has 0 aliphatic rings. The lowest BCUT2D eigenvalue weighted by atomic mass is 9.86. The second-order valence-electron chi connectivity index (χ2n) is 10.2. The summed E-state index contributed by atoms with van der Waals surface area (Å²) in [6.07, 6.45) is 0. The number of furan rings is 1. The Labute approximate surface area is 236 Å². The van der Waals surface area contributed by atoms with Crippen molar-refractivity contribution in [3.63, 3.8) is 0 Å².